The summed E-state index contributed by atoms with van der Waals surface area (Å²) in [5.41, 5.74) is 18.1. The van der Waals surface area contributed by atoms with Gasteiger partial charge in [0.1, 0.15) is 114 Å². The molecule has 676 valence electrons. The van der Waals surface area contributed by atoms with Crippen LogP contribution in [0.1, 0.15) is 98.9 Å². The van der Waals surface area contributed by atoms with E-state index < -0.39 is 28.3 Å². The Morgan fingerprint density at radius 3 is 0.860 bits per heavy atom. The number of alkyl halides is 3. The average molecular weight is 1870 g/mol. The number of aromatic hydroxyl groups is 4. The van der Waals surface area contributed by atoms with Gasteiger partial charge in [-0.15, -0.1) is 0 Å². The van der Waals surface area contributed by atoms with Crippen molar-refractivity contribution < 1.29 is 86.9 Å². The summed E-state index contributed by atoms with van der Waals surface area (Å²) in [6.07, 6.45) is 15.3. The number of nitrogens with zero attached hydrogens (tertiary/aromatic N) is 4. The number of esters is 3. The molecule has 4 aliphatic rings. The summed E-state index contributed by atoms with van der Waals surface area (Å²) < 4.78 is 63.5. The van der Waals surface area contributed by atoms with E-state index in [0.29, 0.717) is 180 Å². The van der Waals surface area contributed by atoms with Crippen LogP contribution in [0.25, 0.3) is 137 Å². The number of methoxy groups -OCH3 is 4. The Labute approximate surface area is 790 Å². The molecule has 136 heavy (non-hydrogen) atoms. The van der Waals surface area contributed by atoms with E-state index in [1.807, 2.05) is 146 Å². The number of benzene rings is 9. The van der Waals surface area contributed by atoms with Crippen LogP contribution in [0, 0.1) is 0 Å². The fourth-order valence-electron chi connectivity index (χ4n) is 16.1. The molecule has 15 aromatic rings. The lowest BCUT2D eigenvalue weighted by molar-refractivity contribution is 0.0508. The molecule has 0 unspecified atom stereocenters. The minimum absolute atomic E-state index is 0.00118. The summed E-state index contributed by atoms with van der Waals surface area (Å²) in [6, 6.07) is 70.8. The Bertz CT molecular complexity index is 7220. The quantitative estimate of drug-likeness (QED) is 0.0142. The predicted molar refractivity (Wildman–Crippen MR) is 522 cm³/mol. The van der Waals surface area contributed by atoms with Crippen LogP contribution in [0.15, 0.2) is 249 Å². The molecule has 8 N–H and O–H groups in total. The number of fused-ring (bicyclic) bond motifs is 16. The van der Waals surface area contributed by atoms with E-state index >= 15 is 0 Å². The molecule has 0 radical (unpaired) electrons. The Kier molecular flexibility index (Phi) is 24.7. The summed E-state index contributed by atoms with van der Waals surface area (Å²) in [4.78, 5) is 78.4. The minimum atomic E-state index is -2.02. The lowest BCUT2D eigenvalue weighted by atomic mass is 10.0. The van der Waals surface area contributed by atoms with E-state index in [-0.39, 0.29) is 77.6 Å². The van der Waals surface area contributed by atoms with E-state index in [2.05, 4.69) is 19.9 Å². The molecule has 0 atom stereocenters. The van der Waals surface area contributed by atoms with Crippen LogP contribution < -0.4 is 47.4 Å². The zero-order valence-corrected chi connectivity index (χ0v) is 75.0. The molecule has 10 heterocycles. The van der Waals surface area contributed by atoms with Crippen LogP contribution in [-0.2, 0) is 31.2 Å². The first-order chi connectivity index (χ1) is 65.9. The van der Waals surface area contributed by atoms with E-state index in [0.717, 1.165) is 22.1 Å². The van der Waals surface area contributed by atoms with E-state index in [4.69, 9.17) is 107 Å². The number of aromatic amines is 4. The lowest BCUT2D eigenvalue weighted by Gasteiger charge is -2.14. The van der Waals surface area contributed by atoms with Gasteiger partial charge in [0.25, 0.3) is 0 Å². The van der Waals surface area contributed by atoms with Crippen LogP contribution in [0.2, 0.25) is 0 Å². The highest BCUT2D eigenvalue weighted by Crippen LogP contribution is 2.43. The van der Waals surface area contributed by atoms with Gasteiger partial charge in [0.15, 0.2) is 0 Å². The normalized spacial score (nSPS) is 11.9. The topological polar surface area (TPSA) is 348 Å². The number of phenolic OH excluding ortho intramolecular Hbond substituents is 4. The van der Waals surface area contributed by atoms with Gasteiger partial charge < -0.3 is 92.5 Å². The van der Waals surface area contributed by atoms with Crippen molar-refractivity contribution in [1.29, 1.82) is 0 Å². The van der Waals surface area contributed by atoms with Crippen LogP contribution in [0.4, 0.5) is 0 Å². The zero-order chi connectivity index (χ0) is 93.8. The summed E-state index contributed by atoms with van der Waals surface area (Å²) >= 11 is 18.2. The van der Waals surface area contributed by atoms with Crippen molar-refractivity contribution in [3.63, 3.8) is 0 Å². The molecule has 6 aromatic heterocycles. The van der Waals surface area contributed by atoms with Gasteiger partial charge in [0, 0.05) is 109 Å². The van der Waals surface area contributed by atoms with Gasteiger partial charge in [-0.3, -0.25) is 0 Å². The monoisotopic (exact) mass is 1870 g/mol. The van der Waals surface area contributed by atoms with Crippen molar-refractivity contribution in [3.8, 4) is 125 Å². The zero-order valence-electron chi connectivity index (χ0n) is 72.8. The number of hydrogen-bond acceptors (Lipinski definition) is 22. The Hall–Kier alpha value is -16.9. The number of phenols is 4. The molecule has 29 heteroatoms. The first kappa shape index (κ1) is 88.3. The van der Waals surface area contributed by atoms with Crippen molar-refractivity contribution in [3.05, 3.63) is 333 Å². The molecule has 9 aromatic carbocycles. The first-order valence-corrected chi connectivity index (χ1v) is 43.6. The molecule has 0 saturated carbocycles. The number of carbonyl (C=O) groups is 3. The molecule has 0 saturated heterocycles. The molecule has 26 nitrogen and oxygen atoms in total. The molecular formula is C107H79Cl3N8O18. The number of aromatic nitrogens is 8. The van der Waals surface area contributed by atoms with Gasteiger partial charge in [-0.25, -0.2) is 34.3 Å². The van der Waals surface area contributed by atoms with Gasteiger partial charge >= 0.3 is 17.9 Å². The first-order valence-electron chi connectivity index (χ1n) is 42.5. The summed E-state index contributed by atoms with van der Waals surface area (Å²) in [7, 11) is 6.05. The van der Waals surface area contributed by atoms with E-state index in [9.17, 15) is 34.8 Å². The maximum Gasteiger partial charge on any atom is 0.343 e. The van der Waals surface area contributed by atoms with Gasteiger partial charge in [-0.05, 0) is 275 Å². The standard InChI is InChI=1S/C107H79Cl3N8O18/c1-126-82-33-59(29-78(119)47-82)54-130-86-37-67(38-87(51-86)131-55-60-30-79(120)48-83(34-60)127-2)102-94-23-19-76(115-94)45-72-15-13-70(111-72)43-74-17-21-92(113-74)100(96-25-27-98(102)117-96)63-5-9-65(10-6-63)105(124)135-90-41-69(104(123)134-58-107(108,109)110)42-91(53-90)136-106(125)66-11-7-64(8-12-66)101-93-22-18-75(114-93)44-71-14-16-73(112-71)46-77-20-24-95(116-77)103(99-28-26-97(101)118-99)68-39-88(132-56-61-31-80(121)49-84(35-61)128-3)52-89(40-68)133-57-62-32-81(122)50-85(36-62)129-4/h5-53,113-116,119-122H,54-58H2,1-4H3. The second-order valence-electron chi connectivity index (χ2n) is 31.9. The van der Waals surface area contributed by atoms with Gasteiger partial charge in [0.2, 0.25) is 3.79 Å². The highest BCUT2D eigenvalue weighted by Gasteiger charge is 2.27. The summed E-state index contributed by atoms with van der Waals surface area (Å²) in [5, 5.41) is 42.5. The smallest absolute Gasteiger partial charge is 0.343 e. The van der Waals surface area contributed by atoms with Crippen molar-refractivity contribution in [2.24, 2.45) is 0 Å². The number of carbonyl (C=O) groups excluding carboxylic acids is 3. The maximum absolute atomic E-state index is 14.7. The van der Waals surface area contributed by atoms with Crippen LogP contribution in [-0.4, -0.2) is 117 Å². The van der Waals surface area contributed by atoms with Crippen molar-refractivity contribution >= 4 is 145 Å². The van der Waals surface area contributed by atoms with Gasteiger partial charge in [-0.2, -0.15) is 0 Å². The number of hydrogen-bond donors (Lipinski definition) is 8. The minimum Gasteiger partial charge on any atom is -0.508 e. The third-order valence-corrected chi connectivity index (χ3v) is 22.6. The SMILES string of the molecule is COc1cc(O)cc(COc2cc(OCc3cc(O)cc(OC)c3)cc(-c3c4nc(c(-c5ccc(C(=O)Oc6cc(OC(=O)c7ccc(-c8c9nc(c(-c%10cc(OCc%11cc(O)cc(OC)c%11)cc(OCc%11cc(O)cc(OC)c%11)c%10)c%10ccc(cc%11nc(cc%12ccc8[nH]%12)C=C%11)[nH]%10)C=C9)cc7)cc(C(=O)OCC(Cl)(Cl)Cl)c6)cc5)c5ccc(cc6nc(cc7ccc3[nH]7)C=C6)[nH]5)C=C4)c2)c1. The Morgan fingerprint density at radius 2 is 0.574 bits per heavy atom. The van der Waals surface area contributed by atoms with Gasteiger partial charge in [0.05, 0.1) is 90.7 Å². The third-order valence-electron chi connectivity index (χ3n) is 22.2. The third kappa shape index (κ3) is 20.5. The summed E-state index contributed by atoms with van der Waals surface area (Å²) in [5.74, 6) is 0.198. The van der Waals surface area contributed by atoms with Crippen molar-refractivity contribution in [1.82, 2.24) is 39.9 Å². The highest BCUT2D eigenvalue weighted by molar-refractivity contribution is 6.67. The number of H-pyrrole nitrogens is 4. The van der Waals surface area contributed by atoms with Crippen molar-refractivity contribution in [2.75, 3.05) is 35.0 Å². The molecular weight excluding hydrogens is 1790 g/mol. The van der Waals surface area contributed by atoms with Crippen molar-refractivity contribution in [2.45, 2.75) is 30.2 Å². The molecule has 19 rings (SSSR count). The number of halogens is 3. The second-order valence-corrected chi connectivity index (χ2v) is 34.4. The number of ether oxygens (including phenoxy) is 11. The Balaban J connectivity index is 0.646. The average Bonchev–Trinajstić information content (AvgIpc) is 1.62. The van der Waals surface area contributed by atoms with Crippen LogP contribution in [0.3, 0.4) is 0 Å². The number of nitrogens with one attached hydrogen (secondary N) is 4. The fourth-order valence-corrected chi connectivity index (χ4v) is 16.3. The largest absolute Gasteiger partial charge is 0.508 e. The number of rotatable bonds is 26. The predicted octanol–water partition coefficient (Wildman–Crippen LogP) is 23.4. The maximum atomic E-state index is 14.7. The van der Waals surface area contributed by atoms with Crippen LogP contribution >= 0.6 is 34.8 Å². The molecule has 4 aliphatic heterocycles. The molecule has 0 amide bonds. The molecule has 0 fully saturated rings. The Morgan fingerprint density at radius 1 is 0.287 bits per heavy atom. The van der Waals surface area contributed by atoms with E-state index in [1.54, 1.807) is 109 Å². The molecule has 16 bridgehead atoms. The second kappa shape index (κ2) is 38.1. The summed E-state index contributed by atoms with van der Waals surface area (Å²) in [6.45, 7) is -0.552. The van der Waals surface area contributed by atoms with Crippen LogP contribution in [0.5, 0.6) is 80.5 Å². The fraction of sp³-hybridized carbons (Fsp3) is 0.0935. The van der Waals surface area contributed by atoms with E-state index in [1.165, 1.54) is 70.9 Å². The van der Waals surface area contributed by atoms with Gasteiger partial charge in [-0.1, -0.05) is 59.1 Å². The molecule has 0 aliphatic carbocycles. The molecule has 0 spiro atoms. The highest BCUT2D eigenvalue weighted by atomic mass is 35.6. The lowest BCUT2D eigenvalue weighted by Crippen LogP contribution is -2.18.